The number of hydrogen-bond acceptors (Lipinski definition) is 0. The van der Waals surface area contributed by atoms with Crippen LogP contribution in [0, 0.1) is 35.5 Å². The maximum absolute atomic E-state index is 13.8. The third-order valence-corrected chi connectivity index (χ3v) is 4.77. The fraction of sp³-hybridized carbons (Fsp3) is 0.846. The Labute approximate surface area is 85.3 Å². The predicted molar refractivity (Wildman–Crippen MR) is 54.3 cm³/mol. The molecule has 4 rings (SSSR count). The van der Waals surface area contributed by atoms with E-state index in [4.69, 9.17) is 6.42 Å². The Morgan fingerprint density at radius 2 is 1.50 bits per heavy atom. The lowest BCUT2D eigenvalue weighted by molar-refractivity contribution is -0.0808. The summed E-state index contributed by atoms with van der Waals surface area (Å²) in [4.78, 5) is 0. The molecule has 4 aliphatic rings. The van der Waals surface area contributed by atoms with Gasteiger partial charge in [0.25, 0.3) is 0 Å². The van der Waals surface area contributed by atoms with Gasteiger partial charge in [0, 0.05) is 5.41 Å². The third-order valence-electron chi connectivity index (χ3n) is 4.77. The van der Waals surface area contributed by atoms with Crippen molar-refractivity contribution in [3.8, 4) is 12.3 Å². The Morgan fingerprint density at radius 1 is 1.07 bits per heavy atom. The van der Waals surface area contributed by atoms with E-state index in [1.54, 1.807) is 0 Å². The van der Waals surface area contributed by atoms with Crippen molar-refractivity contribution in [2.24, 2.45) is 23.2 Å². The van der Waals surface area contributed by atoms with E-state index >= 15 is 0 Å². The highest BCUT2D eigenvalue weighted by Crippen LogP contribution is 2.61. The van der Waals surface area contributed by atoms with Gasteiger partial charge in [0.2, 0.25) is 0 Å². The molecule has 0 spiro atoms. The molecule has 4 fully saturated rings. The molecule has 14 heavy (non-hydrogen) atoms. The zero-order valence-corrected chi connectivity index (χ0v) is 8.51. The Bertz CT molecular complexity index is 251. The second-order valence-electron chi connectivity index (χ2n) is 5.81. The second kappa shape index (κ2) is 2.75. The molecule has 76 valence electrons. The molecule has 0 aliphatic heterocycles. The van der Waals surface area contributed by atoms with Gasteiger partial charge in [-0.15, -0.1) is 6.42 Å². The molecule has 0 N–H and O–H groups in total. The van der Waals surface area contributed by atoms with Gasteiger partial charge in [0.15, 0.2) is 6.17 Å². The molecule has 0 amide bonds. The molecular weight excluding hydrogens is 175 g/mol. The molecule has 4 aliphatic carbocycles. The fourth-order valence-electron chi connectivity index (χ4n) is 4.66. The Hall–Kier alpha value is -0.510. The monoisotopic (exact) mass is 192 g/mol. The first-order valence-electron chi connectivity index (χ1n) is 5.82. The van der Waals surface area contributed by atoms with E-state index in [9.17, 15) is 4.39 Å². The molecule has 4 bridgehead atoms. The number of halogens is 1. The van der Waals surface area contributed by atoms with Gasteiger partial charge in [0.05, 0.1) is 0 Å². The summed E-state index contributed by atoms with van der Waals surface area (Å²) < 4.78 is 13.8. The third kappa shape index (κ3) is 1.06. The fourth-order valence-corrected chi connectivity index (χ4v) is 4.66. The quantitative estimate of drug-likeness (QED) is 0.560. The number of hydrogen-bond donors (Lipinski definition) is 0. The van der Waals surface area contributed by atoms with Crippen LogP contribution in [-0.4, -0.2) is 6.17 Å². The second-order valence-corrected chi connectivity index (χ2v) is 5.81. The number of terminal acetylenes is 1. The van der Waals surface area contributed by atoms with E-state index in [1.807, 2.05) is 0 Å². The molecule has 1 unspecified atom stereocenters. The van der Waals surface area contributed by atoms with E-state index in [0.29, 0.717) is 0 Å². The van der Waals surface area contributed by atoms with E-state index < -0.39 is 6.17 Å². The molecule has 0 aromatic heterocycles. The molecule has 1 atom stereocenters. The topological polar surface area (TPSA) is 0 Å². The van der Waals surface area contributed by atoms with E-state index in [1.165, 1.54) is 19.3 Å². The number of rotatable bonds is 1. The molecule has 0 saturated heterocycles. The van der Waals surface area contributed by atoms with Crippen LogP contribution in [0.25, 0.3) is 0 Å². The smallest absolute Gasteiger partial charge is 0.166 e. The maximum atomic E-state index is 13.8. The van der Waals surface area contributed by atoms with E-state index in [2.05, 4.69) is 5.92 Å². The average molecular weight is 192 g/mol. The van der Waals surface area contributed by atoms with Gasteiger partial charge in [-0.05, 0) is 56.3 Å². The minimum atomic E-state index is -0.976. The molecule has 0 aromatic rings. The zero-order valence-electron chi connectivity index (χ0n) is 8.51. The van der Waals surface area contributed by atoms with Crippen LogP contribution in [0.1, 0.15) is 38.5 Å². The Kier molecular flexibility index (Phi) is 1.72. The van der Waals surface area contributed by atoms with Crippen molar-refractivity contribution in [3.63, 3.8) is 0 Å². The van der Waals surface area contributed by atoms with E-state index in [0.717, 1.165) is 37.0 Å². The van der Waals surface area contributed by atoms with Gasteiger partial charge in [-0.3, -0.25) is 0 Å². The van der Waals surface area contributed by atoms with Gasteiger partial charge >= 0.3 is 0 Å². The highest BCUT2D eigenvalue weighted by atomic mass is 19.1. The van der Waals surface area contributed by atoms with Gasteiger partial charge in [0.1, 0.15) is 0 Å². The molecule has 0 nitrogen and oxygen atoms in total. The lowest BCUT2D eigenvalue weighted by atomic mass is 9.48. The van der Waals surface area contributed by atoms with Gasteiger partial charge in [-0.2, -0.15) is 0 Å². The van der Waals surface area contributed by atoms with Crippen LogP contribution in [0.4, 0.5) is 4.39 Å². The summed E-state index contributed by atoms with van der Waals surface area (Å²) in [6, 6.07) is 0. The lowest BCUT2D eigenvalue weighted by Gasteiger charge is -2.57. The summed E-state index contributed by atoms with van der Waals surface area (Å²) in [5, 5.41) is 0. The highest BCUT2D eigenvalue weighted by Gasteiger charge is 2.54. The van der Waals surface area contributed by atoms with Crippen molar-refractivity contribution in [2.75, 3.05) is 0 Å². The van der Waals surface area contributed by atoms with Gasteiger partial charge < -0.3 is 0 Å². The normalized spacial score (nSPS) is 51.6. The molecular formula is C13H17F. The predicted octanol–water partition coefficient (Wildman–Crippen LogP) is 3.17. The largest absolute Gasteiger partial charge is 0.233 e. The standard InChI is InChI=1S/C13H17F/c1-2-12(14)13-6-9-3-10(7-13)5-11(4-9)8-13/h1,9-12H,3-8H2. The molecule has 0 heterocycles. The van der Waals surface area contributed by atoms with E-state index in [-0.39, 0.29) is 5.41 Å². The Morgan fingerprint density at radius 3 is 1.86 bits per heavy atom. The van der Waals surface area contributed by atoms with Crippen molar-refractivity contribution >= 4 is 0 Å². The summed E-state index contributed by atoms with van der Waals surface area (Å²) in [5.41, 5.74) is -0.0938. The summed E-state index contributed by atoms with van der Waals surface area (Å²) in [6.07, 6.45) is 11.6. The van der Waals surface area contributed by atoms with Gasteiger partial charge in [-0.1, -0.05) is 5.92 Å². The van der Waals surface area contributed by atoms with Crippen molar-refractivity contribution in [2.45, 2.75) is 44.7 Å². The van der Waals surface area contributed by atoms with Crippen molar-refractivity contribution < 1.29 is 4.39 Å². The molecule has 0 radical (unpaired) electrons. The van der Waals surface area contributed by atoms with Crippen LogP contribution in [0.3, 0.4) is 0 Å². The summed E-state index contributed by atoms with van der Waals surface area (Å²) in [6.45, 7) is 0. The first-order chi connectivity index (χ1) is 6.72. The maximum Gasteiger partial charge on any atom is 0.166 e. The van der Waals surface area contributed by atoms with Crippen LogP contribution in [-0.2, 0) is 0 Å². The SMILES string of the molecule is C#CC(F)C12CC3CC(CC(C3)C1)C2. The Balaban J connectivity index is 1.91. The molecule has 1 heteroatoms. The number of alkyl halides is 1. The van der Waals surface area contributed by atoms with Crippen LogP contribution in [0.5, 0.6) is 0 Å². The van der Waals surface area contributed by atoms with Crippen molar-refractivity contribution in [3.05, 3.63) is 0 Å². The summed E-state index contributed by atoms with van der Waals surface area (Å²) >= 11 is 0. The van der Waals surface area contributed by atoms with Crippen LogP contribution >= 0.6 is 0 Å². The first-order valence-corrected chi connectivity index (χ1v) is 5.82. The minimum Gasteiger partial charge on any atom is -0.233 e. The molecule has 0 aromatic carbocycles. The minimum absolute atomic E-state index is 0.0938. The van der Waals surface area contributed by atoms with Crippen LogP contribution < -0.4 is 0 Å². The van der Waals surface area contributed by atoms with Crippen molar-refractivity contribution in [1.82, 2.24) is 0 Å². The summed E-state index contributed by atoms with van der Waals surface area (Å²) in [5.74, 6) is 4.75. The lowest BCUT2D eigenvalue weighted by Crippen LogP contribution is -2.50. The average Bonchev–Trinajstić information content (AvgIpc) is 2.14. The first kappa shape index (κ1) is 8.77. The molecule has 4 saturated carbocycles. The van der Waals surface area contributed by atoms with Gasteiger partial charge in [-0.25, -0.2) is 4.39 Å². The highest BCUT2D eigenvalue weighted by molar-refractivity contribution is 5.12. The van der Waals surface area contributed by atoms with Crippen LogP contribution in [0.2, 0.25) is 0 Å². The summed E-state index contributed by atoms with van der Waals surface area (Å²) in [7, 11) is 0. The zero-order chi connectivity index (χ0) is 9.76. The van der Waals surface area contributed by atoms with Crippen LogP contribution in [0.15, 0.2) is 0 Å². The van der Waals surface area contributed by atoms with Crippen molar-refractivity contribution in [1.29, 1.82) is 0 Å².